The summed E-state index contributed by atoms with van der Waals surface area (Å²) in [6, 6.07) is 6.56. The van der Waals surface area contributed by atoms with Gasteiger partial charge in [0.1, 0.15) is 11.5 Å². The Labute approximate surface area is 176 Å². The van der Waals surface area contributed by atoms with Crippen molar-refractivity contribution >= 4 is 17.4 Å². The van der Waals surface area contributed by atoms with E-state index in [-0.39, 0.29) is 6.10 Å². The molecule has 1 aliphatic rings. The molecule has 2 aromatic heterocycles. The van der Waals surface area contributed by atoms with E-state index < -0.39 is 11.7 Å². The van der Waals surface area contributed by atoms with Gasteiger partial charge in [0.25, 0.3) is 0 Å². The van der Waals surface area contributed by atoms with Crippen LogP contribution in [0.25, 0.3) is 22.5 Å². The van der Waals surface area contributed by atoms with Crippen LogP contribution in [0.2, 0.25) is 5.02 Å². The number of alkyl halides is 3. The average molecular weight is 435 g/mol. The van der Waals surface area contributed by atoms with Crippen LogP contribution in [0.15, 0.2) is 48.9 Å². The minimum atomic E-state index is -4.40. The van der Waals surface area contributed by atoms with E-state index in [4.69, 9.17) is 21.3 Å². The highest BCUT2D eigenvalue weighted by molar-refractivity contribution is 6.33. The smallest absolute Gasteiger partial charge is 0.375 e. The molecule has 0 amide bonds. The molecule has 5 nitrogen and oxygen atoms in total. The zero-order chi connectivity index (χ0) is 21.3. The highest BCUT2D eigenvalue weighted by Crippen LogP contribution is 2.36. The Morgan fingerprint density at radius 3 is 2.53 bits per heavy atom. The molecule has 0 bridgehead atoms. The Morgan fingerprint density at radius 2 is 1.87 bits per heavy atom. The topological polar surface area (TPSA) is 51.1 Å². The first-order valence-electron chi connectivity index (χ1n) is 9.34. The number of nitrogens with zero attached hydrogens (tertiary/aromatic N) is 4. The molecular weight excluding hydrogens is 417 g/mol. The summed E-state index contributed by atoms with van der Waals surface area (Å²) in [5.74, 6) is 0.656. The molecule has 9 heteroatoms. The molecule has 0 saturated carbocycles. The number of pyridine rings is 1. The van der Waals surface area contributed by atoms with Gasteiger partial charge in [-0.15, -0.1) is 0 Å². The fourth-order valence-electron chi connectivity index (χ4n) is 3.34. The molecule has 3 aromatic rings. The maximum absolute atomic E-state index is 12.9. The number of benzene rings is 1. The van der Waals surface area contributed by atoms with Crippen molar-refractivity contribution in [2.45, 2.75) is 19.2 Å². The van der Waals surface area contributed by atoms with Crippen LogP contribution in [0, 0.1) is 0 Å². The molecular formula is C21H18ClF3N4O. The van der Waals surface area contributed by atoms with Crippen LogP contribution in [0.1, 0.15) is 12.5 Å². The lowest BCUT2D eigenvalue weighted by molar-refractivity contribution is -0.137. The molecule has 4 rings (SSSR count). The molecule has 3 heterocycles. The standard InChI is InChI=1S/C21H18ClF3N4O/c1-13-12-29(8-9-30-13)18-11-27-19(14-2-4-15(5-3-14)21(23,24)25)20(28-18)16-6-7-26-10-17(16)22/h2-7,10-11,13H,8-9,12H2,1H3. The summed E-state index contributed by atoms with van der Waals surface area (Å²) in [5.41, 5.74) is 1.33. The summed E-state index contributed by atoms with van der Waals surface area (Å²) in [5, 5.41) is 0.382. The Balaban J connectivity index is 1.81. The summed E-state index contributed by atoms with van der Waals surface area (Å²) < 4.78 is 44.4. The van der Waals surface area contributed by atoms with Crippen LogP contribution >= 0.6 is 11.6 Å². The number of rotatable bonds is 3. The van der Waals surface area contributed by atoms with Gasteiger partial charge in [-0.2, -0.15) is 13.2 Å². The SMILES string of the molecule is CC1CN(c2cnc(-c3ccc(C(F)(F)F)cc3)c(-c3ccncc3Cl)n2)CCO1. The summed E-state index contributed by atoms with van der Waals surface area (Å²) in [4.78, 5) is 15.4. The highest BCUT2D eigenvalue weighted by Gasteiger charge is 2.30. The Morgan fingerprint density at radius 1 is 1.10 bits per heavy atom. The van der Waals surface area contributed by atoms with Gasteiger partial charge < -0.3 is 9.64 Å². The van der Waals surface area contributed by atoms with Gasteiger partial charge in [-0.1, -0.05) is 23.7 Å². The first-order chi connectivity index (χ1) is 14.3. The molecule has 0 N–H and O–H groups in total. The van der Waals surface area contributed by atoms with E-state index >= 15 is 0 Å². The number of anilines is 1. The van der Waals surface area contributed by atoms with Gasteiger partial charge in [0.2, 0.25) is 0 Å². The van der Waals surface area contributed by atoms with Gasteiger partial charge >= 0.3 is 6.18 Å². The molecule has 0 radical (unpaired) electrons. The van der Waals surface area contributed by atoms with Crippen molar-refractivity contribution in [3.63, 3.8) is 0 Å². The molecule has 156 valence electrons. The van der Waals surface area contributed by atoms with Crippen molar-refractivity contribution in [1.29, 1.82) is 0 Å². The molecule has 1 fully saturated rings. The van der Waals surface area contributed by atoms with Crippen LogP contribution in [0.4, 0.5) is 19.0 Å². The van der Waals surface area contributed by atoms with Gasteiger partial charge in [0, 0.05) is 36.6 Å². The van der Waals surface area contributed by atoms with Crippen molar-refractivity contribution in [2.24, 2.45) is 0 Å². The zero-order valence-corrected chi connectivity index (χ0v) is 16.8. The fourth-order valence-corrected chi connectivity index (χ4v) is 3.55. The Bertz CT molecular complexity index is 1040. The fraction of sp³-hybridized carbons (Fsp3) is 0.286. The lowest BCUT2D eigenvalue weighted by atomic mass is 10.0. The summed E-state index contributed by atoms with van der Waals surface area (Å²) in [6.07, 6.45) is 0.367. The average Bonchev–Trinajstić information content (AvgIpc) is 2.73. The number of hydrogen-bond acceptors (Lipinski definition) is 5. The second-order valence-electron chi connectivity index (χ2n) is 6.98. The van der Waals surface area contributed by atoms with Gasteiger partial charge in [-0.25, -0.2) is 4.98 Å². The maximum atomic E-state index is 12.9. The molecule has 1 saturated heterocycles. The quantitative estimate of drug-likeness (QED) is 0.574. The Kier molecular flexibility index (Phi) is 5.62. The van der Waals surface area contributed by atoms with E-state index in [1.54, 1.807) is 18.5 Å². The lowest BCUT2D eigenvalue weighted by Crippen LogP contribution is -2.41. The second kappa shape index (κ2) is 8.20. The number of morpholine rings is 1. The third kappa shape index (κ3) is 4.24. The number of ether oxygens (including phenoxy) is 1. The van der Waals surface area contributed by atoms with Crippen LogP contribution in [-0.4, -0.2) is 40.8 Å². The van der Waals surface area contributed by atoms with E-state index in [1.807, 2.05) is 6.92 Å². The first-order valence-corrected chi connectivity index (χ1v) is 9.72. The van der Waals surface area contributed by atoms with Crippen molar-refractivity contribution in [1.82, 2.24) is 15.0 Å². The molecule has 0 spiro atoms. The molecule has 1 aliphatic heterocycles. The van der Waals surface area contributed by atoms with E-state index in [1.165, 1.54) is 18.3 Å². The van der Waals surface area contributed by atoms with E-state index in [0.717, 1.165) is 12.1 Å². The first kappa shape index (κ1) is 20.6. The van der Waals surface area contributed by atoms with E-state index in [9.17, 15) is 13.2 Å². The summed E-state index contributed by atoms with van der Waals surface area (Å²) in [6.45, 7) is 3.89. The van der Waals surface area contributed by atoms with Crippen molar-refractivity contribution in [2.75, 3.05) is 24.6 Å². The predicted octanol–water partition coefficient (Wildman–Crippen LogP) is 5.10. The molecule has 1 aromatic carbocycles. The van der Waals surface area contributed by atoms with Crippen LogP contribution in [0.5, 0.6) is 0 Å². The number of hydrogen-bond donors (Lipinski definition) is 0. The van der Waals surface area contributed by atoms with Gasteiger partial charge in [0.15, 0.2) is 0 Å². The third-order valence-electron chi connectivity index (χ3n) is 4.84. The number of aromatic nitrogens is 3. The predicted molar refractivity (Wildman–Crippen MR) is 108 cm³/mol. The van der Waals surface area contributed by atoms with Crippen LogP contribution in [-0.2, 0) is 10.9 Å². The monoisotopic (exact) mass is 434 g/mol. The highest BCUT2D eigenvalue weighted by atomic mass is 35.5. The molecule has 0 aliphatic carbocycles. The van der Waals surface area contributed by atoms with Crippen molar-refractivity contribution in [3.8, 4) is 22.5 Å². The van der Waals surface area contributed by atoms with Crippen molar-refractivity contribution < 1.29 is 17.9 Å². The van der Waals surface area contributed by atoms with Crippen LogP contribution < -0.4 is 4.90 Å². The number of halogens is 4. The zero-order valence-electron chi connectivity index (χ0n) is 16.0. The Hall–Kier alpha value is -2.71. The summed E-state index contributed by atoms with van der Waals surface area (Å²) in [7, 11) is 0. The largest absolute Gasteiger partial charge is 0.416 e. The van der Waals surface area contributed by atoms with Gasteiger partial charge in [-0.3, -0.25) is 9.97 Å². The molecule has 1 atom stereocenters. The van der Waals surface area contributed by atoms with Gasteiger partial charge in [-0.05, 0) is 25.1 Å². The maximum Gasteiger partial charge on any atom is 0.416 e. The van der Waals surface area contributed by atoms with Gasteiger partial charge in [0.05, 0.1) is 35.2 Å². The molecule has 1 unspecified atom stereocenters. The third-order valence-corrected chi connectivity index (χ3v) is 5.14. The molecule has 30 heavy (non-hydrogen) atoms. The van der Waals surface area contributed by atoms with Crippen molar-refractivity contribution in [3.05, 3.63) is 59.5 Å². The second-order valence-corrected chi connectivity index (χ2v) is 7.39. The lowest BCUT2D eigenvalue weighted by Gasteiger charge is -2.32. The normalized spacial score (nSPS) is 17.2. The summed E-state index contributed by atoms with van der Waals surface area (Å²) >= 11 is 6.35. The van der Waals surface area contributed by atoms with Crippen LogP contribution in [0.3, 0.4) is 0 Å². The van der Waals surface area contributed by atoms with E-state index in [0.29, 0.717) is 53.1 Å². The minimum absolute atomic E-state index is 0.0584. The minimum Gasteiger partial charge on any atom is -0.375 e. The van der Waals surface area contributed by atoms with E-state index in [2.05, 4.69) is 14.9 Å².